The Morgan fingerprint density at radius 2 is 1.88 bits per heavy atom. The van der Waals surface area contributed by atoms with Gasteiger partial charge in [0.05, 0.1) is 0 Å². The number of primary amides is 1. The van der Waals surface area contributed by atoms with E-state index in [1.54, 1.807) is 24.3 Å². The van der Waals surface area contributed by atoms with Crippen molar-refractivity contribution >= 4 is 11.9 Å². The molecule has 1 aromatic heterocycles. The molecule has 0 bridgehead atoms. The van der Waals surface area contributed by atoms with Gasteiger partial charge in [0.25, 0.3) is 0 Å². The Morgan fingerprint density at radius 1 is 1.12 bits per heavy atom. The molecule has 0 aliphatic heterocycles. The SMILES string of the molecule is NC(=O)c1cccc(COC(=O)c2cc(-c3ccc(F)cc3)on2)c1. The molecule has 25 heavy (non-hydrogen) atoms. The van der Waals surface area contributed by atoms with E-state index in [9.17, 15) is 14.0 Å². The van der Waals surface area contributed by atoms with Crippen molar-refractivity contribution in [2.75, 3.05) is 0 Å². The predicted octanol–water partition coefficient (Wildman–Crippen LogP) is 2.94. The van der Waals surface area contributed by atoms with Crippen LogP contribution in [0.15, 0.2) is 59.1 Å². The summed E-state index contributed by atoms with van der Waals surface area (Å²) in [6, 6.07) is 13.5. The number of benzene rings is 2. The quantitative estimate of drug-likeness (QED) is 0.721. The number of rotatable bonds is 5. The van der Waals surface area contributed by atoms with Gasteiger partial charge in [-0.15, -0.1) is 0 Å². The number of carbonyl (C=O) groups is 2. The average Bonchev–Trinajstić information content (AvgIpc) is 3.10. The van der Waals surface area contributed by atoms with Crippen LogP contribution in [-0.4, -0.2) is 17.0 Å². The van der Waals surface area contributed by atoms with Crippen LogP contribution in [0.1, 0.15) is 26.4 Å². The molecule has 1 amide bonds. The lowest BCUT2D eigenvalue weighted by Gasteiger charge is -2.04. The second-order valence-electron chi connectivity index (χ2n) is 5.22. The summed E-state index contributed by atoms with van der Waals surface area (Å²) in [4.78, 5) is 23.2. The van der Waals surface area contributed by atoms with Crippen molar-refractivity contribution in [3.8, 4) is 11.3 Å². The van der Waals surface area contributed by atoms with Gasteiger partial charge in [-0.2, -0.15) is 0 Å². The summed E-state index contributed by atoms with van der Waals surface area (Å²) in [7, 11) is 0. The molecular weight excluding hydrogens is 327 g/mol. The van der Waals surface area contributed by atoms with Gasteiger partial charge in [-0.1, -0.05) is 17.3 Å². The minimum absolute atomic E-state index is 0.00891. The maximum Gasteiger partial charge on any atom is 0.360 e. The van der Waals surface area contributed by atoms with Gasteiger partial charge >= 0.3 is 5.97 Å². The fourth-order valence-corrected chi connectivity index (χ4v) is 2.16. The maximum atomic E-state index is 12.9. The second kappa shape index (κ2) is 6.96. The minimum atomic E-state index is -0.679. The lowest BCUT2D eigenvalue weighted by molar-refractivity contribution is 0.0461. The van der Waals surface area contributed by atoms with Crippen LogP contribution in [-0.2, 0) is 11.3 Å². The van der Waals surface area contributed by atoms with Crippen molar-refractivity contribution in [3.05, 3.63) is 77.2 Å². The van der Waals surface area contributed by atoms with Gasteiger partial charge in [0, 0.05) is 17.2 Å². The van der Waals surface area contributed by atoms with Crippen LogP contribution < -0.4 is 5.73 Å². The van der Waals surface area contributed by atoms with Crippen molar-refractivity contribution in [3.63, 3.8) is 0 Å². The molecule has 126 valence electrons. The van der Waals surface area contributed by atoms with Crippen LogP contribution in [0.25, 0.3) is 11.3 Å². The molecule has 3 rings (SSSR count). The molecule has 0 fully saturated rings. The van der Waals surface area contributed by atoms with Crippen molar-refractivity contribution in [2.24, 2.45) is 5.73 Å². The van der Waals surface area contributed by atoms with Gasteiger partial charge in [-0.05, 0) is 42.0 Å². The Kier molecular flexibility index (Phi) is 4.56. The van der Waals surface area contributed by atoms with E-state index in [0.29, 0.717) is 22.5 Å². The zero-order chi connectivity index (χ0) is 17.8. The monoisotopic (exact) mass is 340 g/mol. The molecule has 0 aliphatic rings. The van der Waals surface area contributed by atoms with E-state index >= 15 is 0 Å². The number of ether oxygens (including phenoxy) is 1. The van der Waals surface area contributed by atoms with Crippen LogP contribution in [0, 0.1) is 5.82 Å². The van der Waals surface area contributed by atoms with E-state index in [2.05, 4.69) is 5.16 Å². The van der Waals surface area contributed by atoms with Gasteiger partial charge in [0.2, 0.25) is 5.91 Å². The Bertz CT molecular complexity index is 919. The fraction of sp³-hybridized carbons (Fsp3) is 0.0556. The van der Waals surface area contributed by atoms with Gasteiger partial charge in [-0.3, -0.25) is 4.79 Å². The number of halogens is 1. The third kappa shape index (κ3) is 3.89. The summed E-state index contributed by atoms with van der Waals surface area (Å²) in [5.74, 6) is -1.29. The van der Waals surface area contributed by atoms with Gasteiger partial charge in [0.1, 0.15) is 12.4 Å². The van der Waals surface area contributed by atoms with Crippen LogP contribution in [0.2, 0.25) is 0 Å². The molecule has 6 nitrogen and oxygen atoms in total. The van der Waals surface area contributed by atoms with E-state index in [1.165, 1.54) is 30.3 Å². The summed E-state index contributed by atoms with van der Waals surface area (Å²) in [5.41, 5.74) is 6.73. The number of carbonyl (C=O) groups excluding carboxylic acids is 2. The second-order valence-corrected chi connectivity index (χ2v) is 5.22. The molecule has 0 unspecified atom stereocenters. The van der Waals surface area contributed by atoms with Crippen molar-refractivity contribution < 1.29 is 23.2 Å². The molecular formula is C18H13FN2O4. The van der Waals surface area contributed by atoms with E-state index in [4.69, 9.17) is 15.0 Å². The van der Waals surface area contributed by atoms with E-state index in [-0.39, 0.29) is 18.1 Å². The first-order valence-corrected chi connectivity index (χ1v) is 7.31. The zero-order valence-electron chi connectivity index (χ0n) is 12.9. The Labute approximate surface area is 142 Å². The smallest absolute Gasteiger partial charge is 0.360 e. The lowest BCUT2D eigenvalue weighted by Crippen LogP contribution is -2.11. The Hall–Kier alpha value is -3.48. The maximum absolute atomic E-state index is 12.9. The minimum Gasteiger partial charge on any atom is -0.456 e. The number of esters is 1. The fourth-order valence-electron chi connectivity index (χ4n) is 2.16. The third-order valence-corrected chi connectivity index (χ3v) is 3.43. The topological polar surface area (TPSA) is 95.4 Å². The summed E-state index contributed by atoms with van der Waals surface area (Å²) >= 11 is 0. The van der Waals surface area contributed by atoms with Gasteiger partial charge in [0.15, 0.2) is 11.5 Å². The van der Waals surface area contributed by atoms with Crippen LogP contribution >= 0.6 is 0 Å². The van der Waals surface area contributed by atoms with Crippen LogP contribution in [0.4, 0.5) is 4.39 Å². The molecule has 2 aromatic carbocycles. The number of nitrogens with two attached hydrogens (primary N) is 1. The van der Waals surface area contributed by atoms with Crippen LogP contribution in [0.5, 0.6) is 0 Å². The zero-order valence-corrected chi connectivity index (χ0v) is 12.9. The highest BCUT2D eigenvalue weighted by Crippen LogP contribution is 2.21. The number of nitrogens with zero attached hydrogens (tertiary/aromatic N) is 1. The molecule has 0 radical (unpaired) electrons. The summed E-state index contributed by atoms with van der Waals surface area (Å²) < 4.78 is 23.1. The molecule has 0 aliphatic carbocycles. The summed E-state index contributed by atoms with van der Waals surface area (Å²) in [6.45, 7) is -0.0430. The van der Waals surface area contributed by atoms with Gasteiger partial charge in [-0.25, -0.2) is 9.18 Å². The Balaban J connectivity index is 1.67. The van der Waals surface area contributed by atoms with Crippen molar-refractivity contribution in [1.82, 2.24) is 5.16 Å². The molecule has 0 spiro atoms. The molecule has 0 saturated heterocycles. The highest BCUT2D eigenvalue weighted by molar-refractivity contribution is 5.93. The van der Waals surface area contributed by atoms with Crippen molar-refractivity contribution in [1.29, 1.82) is 0 Å². The van der Waals surface area contributed by atoms with Crippen molar-refractivity contribution in [2.45, 2.75) is 6.61 Å². The first-order valence-electron chi connectivity index (χ1n) is 7.31. The van der Waals surface area contributed by atoms with Crippen LogP contribution in [0.3, 0.4) is 0 Å². The first kappa shape index (κ1) is 16.4. The van der Waals surface area contributed by atoms with E-state index in [0.717, 1.165) is 0 Å². The predicted molar refractivity (Wildman–Crippen MR) is 86.0 cm³/mol. The summed E-state index contributed by atoms with van der Waals surface area (Å²) in [5, 5.41) is 3.66. The summed E-state index contributed by atoms with van der Waals surface area (Å²) in [6.07, 6.45) is 0. The standard InChI is InChI=1S/C18H13FN2O4/c19-14-6-4-12(5-7-14)16-9-15(21-25-16)18(23)24-10-11-2-1-3-13(8-11)17(20)22/h1-9H,10H2,(H2,20,22). The normalized spacial score (nSPS) is 10.4. The number of aromatic nitrogens is 1. The lowest BCUT2D eigenvalue weighted by atomic mass is 10.1. The average molecular weight is 340 g/mol. The van der Waals surface area contributed by atoms with Gasteiger partial charge < -0.3 is 15.0 Å². The first-order chi connectivity index (χ1) is 12.0. The molecule has 0 saturated carbocycles. The number of hydrogen-bond acceptors (Lipinski definition) is 5. The highest BCUT2D eigenvalue weighted by Gasteiger charge is 2.15. The molecule has 1 heterocycles. The molecule has 7 heteroatoms. The molecule has 2 N–H and O–H groups in total. The largest absolute Gasteiger partial charge is 0.456 e. The molecule has 3 aromatic rings. The Morgan fingerprint density at radius 3 is 2.60 bits per heavy atom. The number of hydrogen-bond donors (Lipinski definition) is 1. The highest BCUT2D eigenvalue weighted by atomic mass is 19.1. The number of amides is 1. The van der Waals surface area contributed by atoms with E-state index in [1.807, 2.05) is 0 Å². The molecule has 0 atom stereocenters. The van der Waals surface area contributed by atoms with E-state index < -0.39 is 11.9 Å². The third-order valence-electron chi connectivity index (χ3n) is 3.43.